The molecule has 7 heteroatoms. The molecule has 130 valence electrons. The fourth-order valence-corrected chi connectivity index (χ4v) is 3.55. The summed E-state index contributed by atoms with van der Waals surface area (Å²) in [5, 5.41) is 11.7. The van der Waals surface area contributed by atoms with E-state index >= 15 is 0 Å². The molecule has 0 aliphatic carbocycles. The van der Waals surface area contributed by atoms with Crippen molar-refractivity contribution in [1.82, 2.24) is 4.72 Å². The van der Waals surface area contributed by atoms with Crippen LogP contribution in [0.5, 0.6) is 0 Å². The SMILES string of the molecule is CC(C)(C)NS(=O)(=O)c1ccc(C(=O)Nc2ccccc2C#N)cc1. The van der Waals surface area contributed by atoms with Gasteiger partial charge in [0.15, 0.2) is 0 Å². The highest BCUT2D eigenvalue weighted by molar-refractivity contribution is 7.89. The predicted octanol–water partition coefficient (Wildman–Crippen LogP) is 2.89. The van der Waals surface area contributed by atoms with Gasteiger partial charge in [0.1, 0.15) is 6.07 Å². The van der Waals surface area contributed by atoms with Crippen molar-refractivity contribution in [2.45, 2.75) is 31.2 Å². The largest absolute Gasteiger partial charge is 0.321 e. The van der Waals surface area contributed by atoms with Crippen LogP contribution in [-0.4, -0.2) is 19.9 Å². The van der Waals surface area contributed by atoms with Crippen LogP contribution in [-0.2, 0) is 10.0 Å². The van der Waals surface area contributed by atoms with Crippen LogP contribution in [0, 0.1) is 11.3 Å². The number of anilines is 1. The normalized spacial score (nSPS) is 11.6. The Morgan fingerprint density at radius 1 is 1.04 bits per heavy atom. The van der Waals surface area contributed by atoms with Gasteiger partial charge in [-0.25, -0.2) is 13.1 Å². The number of carbonyl (C=O) groups is 1. The van der Waals surface area contributed by atoms with Gasteiger partial charge in [-0.3, -0.25) is 4.79 Å². The number of carbonyl (C=O) groups excluding carboxylic acids is 1. The van der Waals surface area contributed by atoms with Crippen molar-refractivity contribution in [3.8, 4) is 6.07 Å². The van der Waals surface area contributed by atoms with E-state index in [1.54, 1.807) is 45.0 Å². The Hall–Kier alpha value is -2.69. The first kappa shape index (κ1) is 18.6. The van der Waals surface area contributed by atoms with Crippen molar-refractivity contribution in [3.05, 3.63) is 59.7 Å². The van der Waals surface area contributed by atoms with Gasteiger partial charge in [-0.15, -0.1) is 0 Å². The molecular weight excluding hydrogens is 338 g/mol. The number of benzene rings is 2. The van der Waals surface area contributed by atoms with E-state index in [1.165, 1.54) is 24.3 Å². The Labute approximate surface area is 147 Å². The molecule has 0 saturated heterocycles. The van der Waals surface area contributed by atoms with Gasteiger partial charge in [0, 0.05) is 11.1 Å². The number of hydrogen-bond acceptors (Lipinski definition) is 4. The highest BCUT2D eigenvalue weighted by Gasteiger charge is 2.22. The molecule has 0 unspecified atom stereocenters. The van der Waals surface area contributed by atoms with Gasteiger partial charge in [0.2, 0.25) is 10.0 Å². The maximum absolute atomic E-state index is 12.3. The number of para-hydroxylation sites is 1. The van der Waals surface area contributed by atoms with E-state index in [1.807, 2.05) is 6.07 Å². The van der Waals surface area contributed by atoms with Crippen LogP contribution in [0.3, 0.4) is 0 Å². The standard InChI is InChI=1S/C18H19N3O3S/c1-18(2,3)21-25(23,24)15-10-8-13(9-11-15)17(22)20-16-7-5-4-6-14(16)12-19/h4-11,21H,1-3H3,(H,20,22). The third kappa shape index (κ3) is 4.89. The summed E-state index contributed by atoms with van der Waals surface area (Å²) in [5.74, 6) is -0.421. The van der Waals surface area contributed by atoms with Gasteiger partial charge in [-0.05, 0) is 57.2 Å². The first-order chi connectivity index (χ1) is 11.6. The minimum atomic E-state index is -3.65. The van der Waals surface area contributed by atoms with Crippen molar-refractivity contribution < 1.29 is 13.2 Å². The molecule has 0 bridgehead atoms. The molecule has 25 heavy (non-hydrogen) atoms. The number of rotatable bonds is 4. The lowest BCUT2D eigenvalue weighted by Crippen LogP contribution is -2.40. The maximum atomic E-state index is 12.3. The molecule has 1 amide bonds. The van der Waals surface area contributed by atoms with E-state index in [9.17, 15) is 13.2 Å². The van der Waals surface area contributed by atoms with Crippen molar-refractivity contribution >= 4 is 21.6 Å². The van der Waals surface area contributed by atoms with Crippen molar-refractivity contribution in [1.29, 1.82) is 5.26 Å². The highest BCUT2D eigenvalue weighted by Crippen LogP contribution is 2.17. The Morgan fingerprint density at radius 2 is 1.64 bits per heavy atom. The Bertz CT molecular complexity index is 921. The molecule has 0 saturated carbocycles. The second-order valence-corrected chi connectivity index (χ2v) is 8.17. The monoisotopic (exact) mass is 357 g/mol. The summed E-state index contributed by atoms with van der Waals surface area (Å²) < 4.78 is 27.1. The van der Waals surface area contributed by atoms with Crippen LogP contribution in [0.4, 0.5) is 5.69 Å². The maximum Gasteiger partial charge on any atom is 0.255 e. The minimum absolute atomic E-state index is 0.0800. The highest BCUT2D eigenvalue weighted by atomic mass is 32.2. The Kier molecular flexibility index (Phi) is 5.26. The lowest BCUT2D eigenvalue weighted by molar-refractivity contribution is 0.102. The molecular formula is C18H19N3O3S. The zero-order valence-corrected chi connectivity index (χ0v) is 15.0. The van der Waals surface area contributed by atoms with Crippen molar-refractivity contribution in [2.75, 3.05) is 5.32 Å². The lowest BCUT2D eigenvalue weighted by Gasteiger charge is -2.20. The molecule has 2 aromatic rings. The number of nitriles is 1. The minimum Gasteiger partial charge on any atom is -0.321 e. The van der Waals surface area contributed by atoms with E-state index in [0.29, 0.717) is 16.8 Å². The summed E-state index contributed by atoms with van der Waals surface area (Å²) in [4.78, 5) is 12.4. The third-order valence-electron chi connectivity index (χ3n) is 3.16. The van der Waals surface area contributed by atoms with Crippen LogP contribution in [0.2, 0.25) is 0 Å². The second-order valence-electron chi connectivity index (χ2n) is 6.49. The molecule has 2 N–H and O–H groups in total. The summed E-state index contributed by atoms with van der Waals surface area (Å²) in [6.07, 6.45) is 0. The van der Waals surface area contributed by atoms with Crippen LogP contribution in [0.25, 0.3) is 0 Å². The van der Waals surface area contributed by atoms with Gasteiger partial charge >= 0.3 is 0 Å². The third-order valence-corrected chi connectivity index (χ3v) is 4.94. The molecule has 0 aliphatic rings. The molecule has 0 spiro atoms. The summed E-state index contributed by atoms with van der Waals surface area (Å²) in [6.45, 7) is 5.25. The average molecular weight is 357 g/mol. The molecule has 0 aromatic heterocycles. The van der Waals surface area contributed by atoms with Gasteiger partial charge in [0.25, 0.3) is 5.91 Å². The fourth-order valence-electron chi connectivity index (χ4n) is 2.13. The van der Waals surface area contributed by atoms with Gasteiger partial charge < -0.3 is 5.32 Å². The van der Waals surface area contributed by atoms with E-state index in [-0.39, 0.29) is 4.90 Å². The van der Waals surface area contributed by atoms with Crippen LogP contribution in [0.15, 0.2) is 53.4 Å². The zero-order chi connectivity index (χ0) is 18.7. The van der Waals surface area contributed by atoms with Crippen molar-refractivity contribution in [2.24, 2.45) is 0 Å². The molecule has 0 heterocycles. The predicted molar refractivity (Wildman–Crippen MR) is 95.6 cm³/mol. The smallest absolute Gasteiger partial charge is 0.255 e. The van der Waals surface area contributed by atoms with Gasteiger partial charge in [0.05, 0.1) is 16.1 Å². The van der Waals surface area contributed by atoms with E-state index in [0.717, 1.165) is 0 Å². The summed E-state index contributed by atoms with van der Waals surface area (Å²) in [6, 6.07) is 14.3. The average Bonchev–Trinajstić information content (AvgIpc) is 2.53. The first-order valence-electron chi connectivity index (χ1n) is 7.57. The topological polar surface area (TPSA) is 99.1 Å². The molecule has 0 aliphatic heterocycles. The number of nitrogens with zero attached hydrogens (tertiary/aromatic N) is 1. The zero-order valence-electron chi connectivity index (χ0n) is 14.2. The van der Waals surface area contributed by atoms with Crippen LogP contribution < -0.4 is 10.0 Å². The van der Waals surface area contributed by atoms with Crippen LogP contribution >= 0.6 is 0 Å². The van der Waals surface area contributed by atoms with Crippen molar-refractivity contribution in [3.63, 3.8) is 0 Å². The van der Waals surface area contributed by atoms with E-state index < -0.39 is 21.5 Å². The number of hydrogen-bond donors (Lipinski definition) is 2. The van der Waals surface area contributed by atoms with Gasteiger partial charge in [-0.1, -0.05) is 12.1 Å². The molecule has 6 nitrogen and oxygen atoms in total. The summed E-state index contributed by atoms with van der Waals surface area (Å²) >= 11 is 0. The first-order valence-corrected chi connectivity index (χ1v) is 9.05. The molecule has 2 aromatic carbocycles. The molecule has 0 fully saturated rings. The van der Waals surface area contributed by atoms with Gasteiger partial charge in [-0.2, -0.15) is 5.26 Å². The summed E-state index contributed by atoms with van der Waals surface area (Å²) in [7, 11) is -3.65. The number of amides is 1. The quantitative estimate of drug-likeness (QED) is 0.879. The summed E-state index contributed by atoms with van der Waals surface area (Å²) in [5.41, 5.74) is 0.448. The molecule has 0 radical (unpaired) electrons. The molecule has 0 atom stereocenters. The Balaban J connectivity index is 2.20. The molecule has 2 rings (SSSR count). The van der Waals surface area contributed by atoms with Crippen LogP contribution in [0.1, 0.15) is 36.7 Å². The lowest BCUT2D eigenvalue weighted by atomic mass is 10.1. The van der Waals surface area contributed by atoms with E-state index in [2.05, 4.69) is 10.0 Å². The number of sulfonamides is 1. The fraction of sp³-hybridized carbons (Fsp3) is 0.222. The Morgan fingerprint density at radius 3 is 2.20 bits per heavy atom. The van der Waals surface area contributed by atoms with E-state index in [4.69, 9.17) is 5.26 Å². The second kappa shape index (κ2) is 7.05. The number of nitrogens with one attached hydrogen (secondary N) is 2.